The smallest absolute Gasteiger partial charge is 0.0320 e. The van der Waals surface area contributed by atoms with Crippen LogP contribution in [0.15, 0.2) is 30.3 Å². The Hall–Kier alpha value is -0.820. The van der Waals surface area contributed by atoms with Crippen LogP contribution in [-0.2, 0) is 0 Å². The fourth-order valence-corrected chi connectivity index (χ4v) is 2.32. The maximum absolute atomic E-state index is 3.73. The number of hydrogen-bond donors (Lipinski definition) is 1. The first-order chi connectivity index (χ1) is 8.88. The normalized spacial score (nSPS) is 12.6. The van der Waals surface area contributed by atoms with Gasteiger partial charge in [0.1, 0.15) is 0 Å². The predicted octanol–water partition coefficient (Wildman–Crippen LogP) is 5.09. The zero-order valence-corrected chi connectivity index (χ0v) is 12.1. The van der Waals surface area contributed by atoms with Gasteiger partial charge in [0.2, 0.25) is 0 Å². The van der Waals surface area contributed by atoms with Crippen molar-refractivity contribution in [3.05, 3.63) is 35.9 Å². The monoisotopic (exact) mass is 247 g/mol. The zero-order chi connectivity index (χ0) is 13.1. The van der Waals surface area contributed by atoms with Crippen molar-refractivity contribution >= 4 is 0 Å². The van der Waals surface area contributed by atoms with Gasteiger partial charge in [-0.3, -0.25) is 0 Å². The summed E-state index contributed by atoms with van der Waals surface area (Å²) in [5.74, 6) is 0. The van der Waals surface area contributed by atoms with Crippen molar-refractivity contribution in [3.8, 4) is 0 Å². The lowest BCUT2D eigenvalue weighted by atomic mass is 10.0. The van der Waals surface area contributed by atoms with Crippen molar-refractivity contribution < 1.29 is 0 Å². The van der Waals surface area contributed by atoms with E-state index in [9.17, 15) is 0 Å². The van der Waals surface area contributed by atoms with Crippen LogP contribution in [-0.4, -0.2) is 6.54 Å². The summed E-state index contributed by atoms with van der Waals surface area (Å²) in [6, 6.07) is 11.5. The Morgan fingerprint density at radius 2 is 1.56 bits per heavy atom. The standard InChI is InChI=1S/C17H29N/c1-3-5-8-14-17(18-15-11-6-4-2)16-12-9-7-10-13-16/h7,9-10,12-13,17-18H,3-6,8,11,14-15H2,1-2H3. The second-order valence-electron chi connectivity index (χ2n) is 5.12. The molecule has 0 amide bonds. The van der Waals surface area contributed by atoms with Crippen molar-refractivity contribution in [2.45, 2.75) is 64.8 Å². The molecule has 0 aliphatic carbocycles. The molecule has 1 aromatic rings. The lowest BCUT2D eigenvalue weighted by Gasteiger charge is -2.19. The van der Waals surface area contributed by atoms with Crippen LogP contribution in [0, 0.1) is 0 Å². The number of benzene rings is 1. The Morgan fingerprint density at radius 3 is 2.22 bits per heavy atom. The molecule has 1 aromatic carbocycles. The molecule has 1 rings (SSSR count). The van der Waals surface area contributed by atoms with E-state index in [1.807, 2.05) is 0 Å². The van der Waals surface area contributed by atoms with Gasteiger partial charge >= 0.3 is 0 Å². The van der Waals surface area contributed by atoms with E-state index in [4.69, 9.17) is 0 Å². The molecule has 1 unspecified atom stereocenters. The van der Waals surface area contributed by atoms with Crippen molar-refractivity contribution in [2.75, 3.05) is 6.54 Å². The molecule has 0 aliphatic rings. The third-order valence-electron chi connectivity index (χ3n) is 3.47. The van der Waals surface area contributed by atoms with E-state index in [1.54, 1.807) is 0 Å². The Bertz CT molecular complexity index is 281. The first-order valence-corrected chi connectivity index (χ1v) is 7.66. The van der Waals surface area contributed by atoms with Gasteiger partial charge in [-0.1, -0.05) is 76.3 Å². The fourth-order valence-electron chi connectivity index (χ4n) is 2.32. The van der Waals surface area contributed by atoms with Gasteiger partial charge in [0.25, 0.3) is 0 Å². The summed E-state index contributed by atoms with van der Waals surface area (Å²) in [5.41, 5.74) is 1.45. The van der Waals surface area contributed by atoms with Gasteiger partial charge in [-0.05, 0) is 24.9 Å². The van der Waals surface area contributed by atoms with E-state index in [2.05, 4.69) is 49.5 Å². The van der Waals surface area contributed by atoms with Crippen molar-refractivity contribution in [3.63, 3.8) is 0 Å². The third-order valence-corrected chi connectivity index (χ3v) is 3.47. The van der Waals surface area contributed by atoms with Gasteiger partial charge in [0, 0.05) is 6.04 Å². The average Bonchev–Trinajstić information content (AvgIpc) is 2.42. The van der Waals surface area contributed by atoms with E-state index >= 15 is 0 Å². The first kappa shape index (κ1) is 15.2. The van der Waals surface area contributed by atoms with E-state index < -0.39 is 0 Å². The van der Waals surface area contributed by atoms with E-state index in [0.717, 1.165) is 6.54 Å². The molecule has 1 nitrogen and oxygen atoms in total. The zero-order valence-electron chi connectivity index (χ0n) is 12.1. The van der Waals surface area contributed by atoms with Gasteiger partial charge < -0.3 is 5.32 Å². The van der Waals surface area contributed by atoms with Crippen LogP contribution in [0.4, 0.5) is 0 Å². The highest BCUT2D eigenvalue weighted by atomic mass is 14.9. The molecule has 0 fully saturated rings. The molecule has 0 aliphatic heterocycles. The van der Waals surface area contributed by atoms with Crippen LogP contribution in [0.2, 0.25) is 0 Å². The maximum atomic E-state index is 3.73. The van der Waals surface area contributed by atoms with E-state index in [1.165, 1.54) is 50.5 Å². The van der Waals surface area contributed by atoms with Gasteiger partial charge in [-0.25, -0.2) is 0 Å². The first-order valence-electron chi connectivity index (χ1n) is 7.66. The highest BCUT2D eigenvalue weighted by Gasteiger charge is 2.09. The molecular formula is C17H29N. The molecule has 0 spiro atoms. The van der Waals surface area contributed by atoms with Crippen molar-refractivity contribution in [1.29, 1.82) is 0 Å². The topological polar surface area (TPSA) is 12.0 Å². The van der Waals surface area contributed by atoms with Crippen LogP contribution in [0.1, 0.15) is 70.4 Å². The second-order valence-corrected chi connectivity index (χ2v) is 5.12. The SMILES string of the molecule is CCCCCNC(CCCCC)c1ccccc1. The summed E-state index contributed by atoms with van der Waals surface area (Å²) >= 11 is 0. The Labute approximate surface area is 113 Å². The van der Waals surface area contributed by atoms with E-state index in [0.29, 0.717) is 6.04 Å². The summed E-state index contributed by atoms with van der Waals surface area (Å²) < 4.78 is 0. The number of hydrogen-bond acceptors (Lipinski definition) is 1. The largest absolute Gasteiger partial charge is 0.310 e. The number of rotatable bonds is 10. The van der Waals surface area contributed by atoms with Crippen LogP contribution in [0.3, 0.4) is 0 Å². The molecule has 0 saturated heterocycles. The van der Waals surface area contributed by atoms with Crippen molar-refractivity contribution in [1.82, 2.24) is 5.32 Å². The minimum absolute atomic E-state index is 0.551. The second kappa shape index (κ2) is 10.1. The molecule has 0 radical (unpaired) electrons. The number of unbranched alkanes of at least 4 members (excludes halogenated alkanes) is 4. The summed E-state index contributed by atoms with van der Waals surface area (Å²) in [6.45, 7) is 5.68. The lowest BCUT2D eigenvalue weighted by Crippen LogP contribution is -2.22. The lowest BCUT2D eigenvalue weighted by molar-refractivity contribution is 0.464. The van der Waals surface area contributed by atoms with E-state index in [-0.39, 0.29) is 0 Å². The summed E-state index contributed by atoms with van der Waals surface area (Å²) in [7, 11) is 0. The fraction of sp³-hybridized carbons (Fsp3) is 0.647. The van der Waals surface area contributed by atoms with Crippen LogP contribution < -0.4 is 5.32 Å². The molecule has 0 saturated carbocycles. The predicted molar refractivity (Wildman–Crippen MR) is 80.9 cm³/mol. The van der Waals surface area contributed by atoms with Crippen LogP contribution >= 0.6 is 0 Å². The molecule has 18 heavy (non-hydrogen) atoms. The minimum Gasteiger partial charge on any atom is -0.310 e. The third kappa shape index (κ3) is 6.20. The Kier molecular flexibility index (Phi) is 8.58. The summed E-state index contributed by atoms with van der Waals surface area (Å²) in [5, 5.41) is 3.73. The molecule has 1 atom stereocenters. The quantitative estimate of drug-likeness (QED) is 0.568. The van der Waals surface area contributed by atoms with Gasteiger partial charge in [0.15, 0.2) is 0 Å². The molecule has 0 aromatic heterocycles. The molecule has 1 N–H and O–H groups in total. The summed E-state index contributed by atoms with van der Waals surface area (Å²) in [4.78, 5) is 0. The molecular weight excluding hydrogens is 218 g/mol. The maximum Gasteiger partial charge on any atom is 0.0320 e. The van der Waals surface area contributed by atoms with Gasteiger partial charge in [-0.2, -0.15) is 0 Å². The average molecular weight is 247 g/mol. The Morgan fingerprint density at radius 1 is 0.889 bits per heavy atom. The summed E-state index contributed by atoms with van der Waals surface area (Å²) in [6.07, 6.45) is 9.18. The molecule has 102 valence electrons. The molecule has 0 bridgehead atoms. The highest BCUT2D eigenvalue weighted by molar-refractivity contribution is 5.18. The van der Waals surface area contributed by atoms with Gasteiger partial charge in [0.05, 0.1) is 0 Å². The number of nitrogens with one attached hydrogen (secondary N) is 1. The minimum atomic E-state index is 0.551. The van der Waals surface area contributed by atoms with Crippen LogP contribution in [0.5, 0.6) is 0 Å². The molecule has 1 heteroatoms. The molecule has 0 heterocycles. The highest BCUT2D eigenvalue weighted by Crippen LogP contribution is 2.19. The van der Waals surface area contributed by atoms with Crippen LogP contribution in [0.25, 0.3) is 0 Å². The Balaban J connectivity index is 2.42. The van der Waals surface area contributed by atoms with Gasteiger partial charge in [-0.15, -0.1) is 0 Å². The van der Waals surface area contributed by atoms with Crippen molar-refractivity contribution in [2.24, 2.45) is 0 Å².